The predicted octanol–water partition coefficient (Wildman–Crippen LogP) is 2.28. The molecule has 0 atom stereocenters. The molecule has 2 nitrogen and oxygen atoms in total. The third-order valence-corrected chi connectivity index (χ3v) is 2.44. The Morgan fingerprint density at radius 3 is 3.00 bits per heavy atom. The molecule has 0 bridgehead atoms. The normalized spacial score (nSPS) is 15.9. The van der Waals surface area contributed by atoms with Crippen molar-refractivity contribution in [2.75, 3.05) is 6.61 Å². The molecule has 0 unspecified atom stereocenters. The Hall–Kier alpha value is -0.890. The smallest absolute Gasteiger partial charge is 0.0890 e. The van der Waals surface area contributed by atoms with Gasteiger partial charge in [0.25, 0.3) is 0 Å². The molecule has 1 aromatic heterocycles. The number of hydrogen-bond acceptors (Lipinski definition) is 2. The fourth-order valence-corrected chi connectivity index (χ4v) is 1.57. The van der Waals surface area contributed by atoms with Gasteiger partial charge in [0.15, 0.2) is 0 Å². The van der Waals surface area contributed by atoms with Gasteiger partial charge < -0.3 is 4.74 Å². The summed E-state index contributed by atoms with van der Waals surface area (Å²) >= 11 is 0. The Morgan fingerprint density at radius 1 is 1.38 bits per heavy atom. The van der Waals surface area contributed by atoms with Gasteiger partial charge >= 0.3 is 0 Å². The minimum absolute atomic E-state index is 0.507. The topological polar surface area (TPSA) is 22.1 Å². The predicted molar refractivity (Wildman–Crippen MR) is 51.7 cm³/mol. The van der Waals surface area contributed by atoms with Crippen LogP contribution in [0.1, 0.15) is 36.7 Å². The van der Waals surface area contributed by atoms with Crippen molar-refractivity contribution >= 4 is 0 Å². The van der Waals surface area contributed by atoms with E-state index in [0.717, 1.165) is 18.7 Å². The molecule has 0 aromatic carbocycles. The van der Waals surface area contributed by atoms with E-state index in [-0.39, 0.29) is 0 Å². The molecule has 0 fully saturated rings. The lowest BCUT2D eigenvalue weighted by atomic mass is 10.0. The lowest BCUT2D eigenvalue weighted by Crippen LogP contribution is -2.12. The minimum atomic E-state index is 0.507. The molecule has 2 rings (SSSR count). The molecule has 0 spiro atoms. The number of rotatable bonds is 1. The van der Waals surface area contributed by atoms with Gasteiger partial charge in [0.2, 0.25) is 0 Å². The van der Waals surface area contributed by atoms with Crippen LogP contribution in [0.25, 0.3) is 0 Å². The number of aromatic nitrogens is 1. The van der Waals surface area contributed by atoms with Gasteiger partial charge in [0.1, 0.15) is 0 Å². The van der Waals surface area contributed by atoms with Crippen molar-refractivity contribution in [1.29, 1.82) is 0 Å². The zero-order valence-electron chi connectivity index (χ0n) is 8.21. The van der Waals surface area contributed by atoms with E-state index in [9.17, 15) is 0 Å². The van der Waals surface area contributed by atoms with Gasteiger partial charge in [-0.3, -0.25) is 4.98 Å². The summed E-state index contributed by atoms with van der Waals surface area (Å²) in [5.74, 6) is 0.507. The van der Waals surface area contributed by atoms with E-state index < -0.39 is 0 Å². The van der Waals surface area contributed by atoms with Crippen LogP contribution >= 0.6 is 0 Å². The number of pyridine rings is 1. The summed E-state index contributed by atoms with van der Waals surface area (Å²) in [6.45, 7) is 5.86. The molecule has 13 heavy (non-hydrogen) atoms. The Bertz CT molecular complexity index is 307. The zero-order chi connectivity index (χ0) is 9.26. The molecule has 1 aliphatic rings. The summed E-state index contributed by atoms with van der Waals surface area (Å²) in [7, 11) is 0. The van der Waals surface area contributed by atoms with Crippen LogP contribution in [0.2, 0.25) is 0 Å². The zero-order valence-corrected chi connectivity index (χ0v) is 8.21. The van der Waals surface area contributed by atoms with E-state index in [2.05, 4.69) is 31.0 Å². The van der Waals surface area contributed by atoms with Crippen LogP contribution < -0.4 is 0 Å². The van der Waals surface area contributed by atoms with E-state index in [4.69, 9.17) is 4.74 Å². The summed E-state index contributed by atoms with van der Waals surface area (Å²) in [6, 6.07) is 4.33. The summed E-state index contributed by atoms with van der Waals surface area (Å²) in [4.78, 5) is 4.59. The summed E-state index contributed by atoms with van der Waals surface area (Å²) in [5.41, 5.74) is 3.66. The standard InChI is InChI=1S/C11H15NO/c1-8(2)10-4-3-9-5-6-13-7-11(9)12-10/h3-4,8H,5-7H2,1-2H3. The Morgan fingerprint density at radius 2 is 2.23 bits per heavy atom. The highest BCUT2D eigenvalue weighted by atomic mass is 16.5. The van der Waals surface area contributed by atoms with Crippen molar-refractivity contribution in [2.24, 2.45) is 0 Å². The number of hydrogen-bond donors (Lipinski definition) is 0. The van der Waals surface area contributed by atoms with Crippen molar-refractivity contribution in [3.8, 4) is 0 Å². The molecule has 0 N–H and O–H groups in total. The minimum Gasteiger partial charge on any atom is -0.375 e. The summed E-state index contributed by atoms with van der Waals surface area (Å²) < 4.78 is 5.37. The molecule has 0 aliphatic carbocycles. The Labute approximate surface area is 78.9 Å². The average Bonchev–Trinajstić information content (AvgIpc) is 2.17. The maximum Gasteiger partial charge on any atom is 0.0890 e. The number of nitrogens with zero attached hydrogens (tertiary/aromatic N) is 1. The highest BCUT2D eigenvalue weighted by Gasteiger charge is 2.11. The van der Waals surface area contributed by atoms with Gasteiger partial charge in [-0.15, -0.1) is 0 Å². The third-order valence-electron chi connectivity index (χ3n) is 2.44. The van der Waals surface area contributed by atoms with Crippen LogP contribution in [0.4, 0.5) is 0 Å². The maximum absolute atomic E-state index is 5.37. The fourth-order valence-electron chi connectivity index (χ4n) is 1.57. The van der Waals surface area contributed by atoms with Crippen LogP contribution in [-0.4, -0.2) is 11.6 Å². The second-order valence-electron chi connectivity index (χ2n) is 3.80. The SMILES string of the molecule is CC(C)c1ccc2c(n1)COCC2. The largest absolute Gasteiger partial charge is 0.375 e. The van der Waals surface area contributed by atoms with Gasteiger partial charge in [-0.2, -0.15) is 0 Å². The molecule has 70 valence electrons. The Balaban J connectivity index is 2.35. The third kappa shape index (κ3) is 1.73. The molecule has 0 radical (unpaired) electrons. The fraction of sp³-hybridized carbons (Fsp3) is 0.545. The molecule has 1 aromatic rings. The summed E-state index contributed by atoms with van der Waals surface area (Å²) in [6.07, 6.45) is 1.01. The quantitative estimate of drug-likeness (QED) is 0.656. The van der Waals surface area contributed by atoms with Crippen LogP contribution in [0.15, 0.2) is 12.1 Å². The van der Waals surface area contributed by atoms with Gasteiger partial charge in [-0.05, 0) is 24.0 Å². The van der Waals surface area contributed by atoms with Crippen molar-refractivity contribution in [1.82, 2.24) is 4.98 Å². The molecule has 2 heterocycles. The van der Waals surface area contributed by atoms with Crippen LogP contribution in [0.3, 0.4) is 0 Å². The highest BCUT2D eigenvalue weighted by molar-refractivity contribution is 5.25. The molecule has 0 amide bonds. The first-order valence-corrected chi connectivity index (χ1v) is 4.84. The molecular weight excluding hydrogens is 162 g/mol. The van der Waals surface area contributed by atoms with Crippen LogP contribution in [0.5, 0.6) is 0 Å². The first-order valence-electron chi connectivity index (χ1n) is 4.84. The van der Waals surface area contributed by atoms with Crippen molar-refractivity contribution < 1.29 is 4.74 Å². The number of fused-ring (bicyclic) bond motifs is 1. The second kappa shape index (κ2) is 3.46. The van der Waals surface area contributed by atoms with E-state index in [0.29, 0.717) is 12.5 Å². The molecule has 2 heteroatoms. The lowest BCUT2D eigenvalue weighted by Gasteiger charge is -2.17. The first kappa shape index (κ1) is 8.70. The second-order valence-corrected chi connectivity index (χ2v) is 3.80. The van der Waals surface area contributed by atoms with Gasteiger partial charge in [0, 0.05) is 5.69 Å². The van der Waals surface area contributed by atoms with Gasteiger partial charge in [-0.1, -0.05) is 19.9 Å². The van der Waals surface area contributed by atoms with E-state index in [1.54, 1.807) is 0 Å². The van der Waals surface area contributed by atoms with Crippen molar-refractivity contribution in [3.05, 3.63) is 29.1 Å². The molecule has 1 aliphatic heterocycles. The van der Waals surface area contributed by atoms with E-state index in [1.807, 2.05) is 0 Å². The number of ether oxygens (including phenoxy) is 1. The van der Waals surface area contributed by atoms with Crippen molar-refractivity contribution in [3.63, 3.8) is 0 Å². The molecular formula is C11H15NO. The van der Waals surface area contributed by atoms with E-state index in [1.165, 1.54) is 11.3 Å². The lowest BCUT2D eigenvalue weighted by molar-refractivity contribution is 0.107. The molecule has 0 saturated heterocycles. The molecule has 0 saturated carbocycles. The van der Waals surface area contributed by atoms with Crippen molar-refractivity contribution in [2.45, 2.75) is 32.8 Å². The summed E-state index contributed by atoms with van der Waals surface area (Å²) in [5, 5.41) is 0. The average molecular weight is 177 g/mol. The highest BCUT2D eigenvalue weighted by Crippen LogP contribution is 2.18. The Kier molecular flexibility index (Phi) is 2.32. The van der Waals surface area contributed by atoms with E-state index >= 15 is 0 Å². The monoisotopic (exact) mass is 177 g/mol. The van der Waals surface area contributed by atoms with Gasteiger partial charge in [-0.25, -0.2) is 0 Å². The first-order chi connectivity index (χ1) is 6.27. The maximum atomic E-state index is 5.37. The van der Waals surface area contributed by atoms with Crippen LogP contribution in [-0.2, 0) is 17.8 Å². The van der Waals surface area contributed by atoms with Gasteiger partial charge in [0.05, 0.1) is 18.9 Å². The van der Waals surface area contributed by atoms with Crippen LogP contribution in [0, 0.1) is 0 Å².